The molecular weight excluding hydrogens is 568 g/mol. The monoisotopic (exact) mass is 608 g/mol. The molecular formula is C42H40O4. The van der Waals surface area contributed by atoms with E-state index in [1.165, 1.54) is 61.1 Å². The summed E-state index contributed by atoms with van der Waals surface area (Å²) in [6.07, 6.45) is 2.20. The van der Waals surface area contributed by atoms with Crippen LogP contribution in [0, 0.1) is 0 Å². The second-order valence-electron chi connectivity index (χ2n) is 13.7. The van der Waals surface area contributed by atoms with Gasteiger partial charge in [-0.25, -0.2) is 0 Å². The minimum atomic E-state index is -1.44. The highest BCUT2D eigenvalue weighted by Gasteiger charge is 2.43. The number of benzene rings is 5. The molecule has 4 nitrogen and oxygen atoms in total. The zero-order valence-corrected chi connectivity index (χ0v) is 26.9. The van der Waals surface area contributed by atoms with E-state index in [4.69, 9.17) is 0 Å². The number of Topliss-reactive ketones (excluding diaryl/α,β-unsaturated/α-hetero) is 2. The molecule has 5 aromatic carbocycles. The van der Waals surface area contributed by atoms with Crippen LogP contribution >= 0.6 is 0 Å². The van der Waals surface area contributed by atoms with E-state index in [0.29, 0.717) is 24.0 Å². The maximum Gasteiger partial charge on any atom is 0.193 e. The fourth-order valence-corrected chi connectivity index (χ4v) is 6.84. The maximum atomic E-state index is 12.8. The molecule has 4 heteroatoms. The Morgan fingerprint density at radius 1 is 0.522 bits per heavy atom. The first-order chi connectivity index (χ1) is 21.8. The minimum Gasteiger partial charge on any atom is -0.382 e. The van der Waals surface area contributed by atoms with Crippen LogP contribution in [-0.2, 0) is 24.7 Å². The van der Waals surface area contributed by atoms with Crippen LogP contribution in [0.2, 0.25) is 0 Å². The predicted molar refractivity (Wildman–Crippen MR) is 183 cm³/mol. The maximum absolute atomic E-state index is 12.8. The van der Waals surface area contributed by atoms with E-state index in [0.717, 1.165) is 17.5 Å². The van der Waals surface area contributed by atoms with Gasteiger partial charge in [0.05, 0.1) is 0 Å². The number of hydrogen-bond acceptors (Lipinski definition) is 4. The molecule has 1 aliphatic carbocycles. The van der Waals surface area contributed by atoms with Gasteiger partial charge in [-0.2, -0.15) is 0 Å². The van der Waals surface area contributed by atoms with Gasteiger partial charge in [0.15, 0.2) is 11.6 Å². The Morgan fingerprint density at radius 3 is 1.50 bits per heavy atom. The van der Waals surface area contributed by atoms with Crippen molar-refractivity contribution in [3.8, 4) is 11.1 Å². The Morgan fingerprint density at radius 2 is 0.978 bits per heavy atom. The van der Waals surface area contributed by atoms with Crippen molar-refractivity contribution in [1.82, 2.24) is 0 Å². The predicted octanol–water partition coefficient (Wildman–Crippen LogP) is 7.94. The van der Waals surface area contributed by atoms with Gasteiger partial charge in [-0.1, -0.05) is 121 Å². The van der Waals surface area contributed by atoms with Crippen LogP contribution in [0.5, 0.6) is 0 Å². The van der Waals surface area contributed by atoms with Crippen molar-refractivity contribution < 1.29 is 19.8 Å². The van der Waals surface area contributed by atoms with Gasteiger partial charge >= 0.3 is 0 Å². The lowest BCUT2D eigenvalue weighted by atomic mass is 9.69. The molecule has 0 saturated heterocycles. The van der Waals surface area contributed by atoms with Gasteiger partial charge in [-0.05, 0) is 91.5 Å². The summed E-state index contributed by atoms with van der Waals surface area (Å²) < 4.78 is 0. The molecule has 2 N–H and O–H groups in total. The lowest BCUT2D eigenvalue weighted by molar-refractivity contribution is 0.0487. The third-order valence-corrected chi connectivity index (χ3v) is 9.14. The number of carbonyl (C=O) groups excluding carboxylic acids is 2. The van der Waals surface area contributed by atoms with Crippen molar-refractivity contribution in [2.24, 2.45) is 0 Å². The first kappa shape index (κ1) is 31.3. The van der Waals surface area contributed by atoms with E-state index in [1.807, 2.05) is 54.6 Å². The van der Waals surface area contributed by atoms with Crippen molar-refractivity contribution in [1.29, 1.82) is 0 Å². The van der Waals surface area contributed by atoms with E-state index >= 15 is 0 Å². The average Bonchev–Trinajstić information content (AvgIpc) is 3.29. The molecule has 5 aromatic rings. The lowest BCUT2D eigenvalue weighted by Gasteiger charge is -2.33. The lowest BCUT2D eigenvalue weighted by Crippen LogP contribution is -2.32. The van der Waals surface area contributed by atoms with Gasteiger partial charge in [-0.3, -0.25) is 9.59 Å². The normalized spacial score (nSPS) is 13.6. The number of carbonyl (C=O) groups is 2. The molecule has 0 unspecified atom stereocenters. The van der Waals surface area contributed by atoms with Gasteiger partial charge < -0.3 is 10.2 Å². The Bertz CT molecular complexity index is 1820. The molecule has 0 heterocycles. The number of aliphatic hydroxyl groups is 2. The van der Waals surface area contributed by atoms with Crippen molar-refractivity contribution in [2.75, 3.05) is 0 Å². The Kier molecular flexibility index (Phi) is 8.14. The van der Waals surface area contributed by atoms with Gasteiger partial charge in [-0.15, -0.1) is 0 Å². The highest BCUT2D eigenvalue weighted by molar-refractivity contribution is 6.02. The molecule has 0 radical (unpaired) electrons. The molecule has 1 aliphatic rings. The van der Waals surface area contributed by atoms with Gasteiger partial charge in [0.25, 0.3) is 0 Å². The molecule has 0 saturated carbocycles. The summed E-state index contributed by atoms with van der Waals surface area (Å²) in [4.78, 5) is 25.6. The van der Waals surface area contributed by atoms with Crippen LogP contribution in [0.1, 0.15) is 81.8 Å². The zero-order valence-electron chi connectivity index (χ0n) is 26.9. The van der Waals surface area contributed by atoms with Gasteiger partial charge in [0.1, 0.15) is 11.2 Å². The first-order valence-electron chi connectivity index (χ1n) is 15.8. The van der Waals surface area contributed by atoms with Crippen LogP contribution in [0.15, 0.2) is 121 Å². The fourth-order valence-electron chi connectivity index (χ4n) is 6.84. The van der Waals surface area contributed by atoms with E-state index in [1.54, 1.807) is 0 Å². The second-order valence-corrected chi connectivity index (χ2v) is 13.7. The highest BCUT2D eigenvalue weighted by atomic mass is 16.3. The molecule has 0 fully saturated rings. The van der Waals surface area contributed by atoms with Crippen molar-refractivity contribution >= 4 is 11.6 Å². The van der Waals surface area contributed by atoms with Crippen molar-refractivity contribution in [3.63, 3.8) is 0 Å². The number of fused-ring (bicyclic) bond motifs is 3. The second kappa shape index (κ2) is 11.9. The van der Waals surface area contributed by atoms with E-state index in [9.17, 15) is 19.8 Å². The van der Waals surface area contributed by atoms with Crippen LogP contribution in [0.3, 0.4) is 0 Å². The summed E-state index contributed by atoms with van der Waals surface area (Å²) in [5.74, 6) is -0.617. The molecule has 232 valence electrons. The number of ketones is 2. The quantitative estimate of drug-likeness (QED) is 0.158. The molecule has 0 aliphatic heterocycles. The summed E-state index contributed by atoms with van der Waals surface area (Å²) in [5.41, 5.74) is 7.23. The molecule has 0 aromatic heterocycles. The van der Waals surface area contributed by atoms with E-state index in [-0.39, 0.29) is 11.6 Å². The van der Waals surface area contributed by atoms with Crippen molar-refractivity contribution in [2.45, 2.75) is 63.6 Å². The van der Waals surface area contributed by atoms with Gasteiger partial charge in [0.2, 0.25) is 0 Å². The van der Waals surface area contributed by atoms with Crippen molar-refractivity contribution in [3.05, 3.63) is 166 Å². The zero-order chi connectivity index (χ0) is 32.7. The third-order valence-electron chi connectivity index (χ3n) is 9.14. The Labute approximate surface area is 271 Å². The number of rotatable bonds is 10. The fraction of sp³-hybridized carbons (Fsp3) is 0.238. The summed E-state index contributed by atoms with van der Waals surface area (Å²) in [6.45, 7) is 6.05. The molecule has 46 heavy (non-hydrogen) atoms. The van der Waals surface area contributed by atoms with Crippen LogP contribution in [0.25, 0.3) is 11.1 Å². The molecule has 6 rings (SSSR count). The van der Waals surface area contributed by atoms with Gasteiger partial charge in [0, 0.05) is 16.5 Å². The first-order valence-corrected chi connectivity index (χ1v) is 15.8. The Balaban J connectivity index is 1.47. The molecule has 0 spiro atoms. The average molecular weight is 609 g/mol. The van der Waals surface area contributed by atoms with Crippen LogP contribution < -0.4 is 0 Å². The standard InChI is InChI=1S/C42H40O4/c1-40(2,45)38(43)32-19-14-29(15-20-32)26-42(27-30-16-21-33(22-17-30)39(44)41(3,4)46)36-13-9-8-12-34(36)35-23-18-31(25-37(35)42)24-28-10-6-5-7-11-28/h5-23,25,45-46H,24,26-27H2,1-4H3. The SMILES string of the molecule is CC(C)(O)C(=O)c1ccc(CC2(Cc3ccc(C(=O)C(C)(C)O)cc3)c3ccccc3-c3ccc(Cc4ccccc4)cc32)cc1. The molecule has 0 amide bonds. The summed E-state index contributed by atoms with van der Waals surface area (Å²) in [5, 5.41) is 20.6. The smallest absolute Gasteiger partial charge is 0.193 e. The largest absolute Gasteiger partial charge is 0.382 e. The summed E-state index contributed by atoms with van der Waals surface area (Å²) in [6, 6.07) is 41.2. The molecule has 0 atom stereocenters. The van der Waals surface area contributed by atoms with Crippen LogP contribution in [0.4, 0.5) is 0 Å². The van der Waals surface area contributed by atoms with Crippen LogP contribution in [-0.4, -0.2) is 33.0 Å². The topological polar surface area (TPSA) is 74.6 Å². The number of hydrogen-bond donors (Lipinski definition) is 2. The van der Waals surface area contributed by atoms with E-state index < -0.39 is 16.6 Å². The summed E-state index contributed by atoms with van der Waals surface area (Å²) >= 11 is 0. The highest BCUT2D eigenvalue weighted by Crippen LogP contribution is 2.52. The third kappa shape index (κ3) is 6.11. The summed E-state index contributed by atoms with van der Waals surface area (Å²) in [7, 11) is 0. The van der Waals surface area contributed by atoms with E-state index in [2.05, 4.69) is 66.7 Å². The minimum absolute atomic E-state index is 0.309. The molecule has 0 bridgehead atoms. The Hall–Kier alpha value is -4.64.